The minimum absolute atomic E-state index is 0.0160. The Kier molecular flexibility index (Phi) is 4.54. The van der Waals surface area contributed by atoms with Crippen LogP contribution in [0.25, 0.3) is 0 Å². The maximum absolute atomic E-state index is 12.8. The average molecular weight is 361 g/mol. The Morgan fingerprint density at radius 2 is 2.00 bits per heavy atom. The van der Waals surface area contributed by atoms with Crippen LogP contribution in [-0.2, 0) is 6.42 Å². The maximum atomic E-state index is 12.8. The zero-order chi connectivity index (χ0) is 18.8. The molecule has 1 aliphatic rings. The predicted octanol–water partition coefficient (Wildman–Crippen LogP) is 3.19. The van der Waals surface area contributed by atoms with E-state index in [1.54, 1.807) is 4.90 Å². The third-order valence-electron chi connectivity index (χ3n) is 4.92. The van der Waals surface area contributed by atoms with E-state index in [0.717, 1.165) is 34.6 Å². The lowest BCUT2D eigenvalue weighted by molar-refractivity contribution is 0.0791. The zero-order valence-corrected chi connectivity index (χ0v) is 15.5. The Morgan fingerprint density at radius 1 is 1.19 bits per heavy atom. The van der Waals surface area contributed by atoms with Crippen LogP contribution >= 0.6 is 0 Å². The number of fused-ring (bicyclic) bond motifs is 1. The van der Waals surface area contributed by atoms with Crippen molar-refractivity contribution < 1.29 is 4.79 Å². The van der Waals surface area contributed by atoms with Crippen molar-refractivity contribution in [2.75, 3.05) is 25.6 Å². The summed E-state index contributed by atoms with van der Waals surface area (Å²) in [6.07, 6.45) is 4.66. The van der Waals surface area contributed by atoms with Crippen molar-refractivity contribution in [2.24, 2.45) is 4.99 Å². The number of benzene rings is 1. The van der Waals surface area contributed by atoms with Gasteiger partial charge >= 0.3 is 0 Å². The van der Waals surface area contributed by atoms with Crippen LogP contribution in [0.3, 0.4) is 0 Å². The number of hydrogen-bond acceptors (Lipinski definition) is 3. The van der Waals surface area contributed by atoms with Crippen molar-refractivity contribution in [3.8, 4) is 0 Å². The highest BCUT2D eigenvalue weighted by Crippen LogP contribution is 2.26. The number of H-pyrrole nitrogens is 2. The first kappa shape index (κ1) is 17.1. The summed E-state index contributed by atoms with van der Waals surface area (Å²) < 4.78 is 0. The van der Waals surface area contributed by atoms with Crippen LogP contribution in [0.5, 0.6) is 0 Å². The summed E-state index contributed by atoms with van der Waals surface area (Å²) in [5.41, 5.74) is 5.84. The molecule has 1 amide bonds. The van der Waals surface area contributed by atoms with Gasteiger partial charge in [-0.3, -0.25) is 9.79 Å². The fraction of sp³-hybridized carbons (Fsp3) is 0.238. The molecule has 0 fully saturated rings. The van der Waals surface area contributed by atoms with Crippen LogP contribution in [0.1, 0.15) is 32.7 Å². The van der Waals surface area contributed by atoms with Gasteiger partial charge in [0.25, 0.3) is 5.91 Å². The summed E-state index contributed by atoms with van der Waals surface area (Å²) in [7, 11) is 1.84. The standard InChI is InChI=1S/C21H23N5O/c1-14-11-23-20-18(14)19(24-13-25-20)16-10-17(22-12-16)21(27)26(2)9-8-15-6-4-3-5-7-15/h3-7,10-12,22-23,25H,8-9,13H2,1-2H3. The predicted molar refractivity (Wildman–Crippen MR) is 108 cm³/mol. The highest BCUT2D eigenvalue weighted by Gasteiger charge is 2.22. The lowest BCUT2D eigenvalue weighted by Crippen LogP contribution is -2.29. The van der Waals surface area contributed by atoms with Crippen LogP contribution in [0.4, 0.5) is 5.82 Å². The molecule has 0 aliphatic carbocycles. The van der Waals surface area contributed by atoms with E-state index in [-0.39, 0.29) is 5.91 Å². The number of aromatic amines is 2. The molecule has 3 heterocycles. The normalized spacial score (nSPS) is 12.9. The Labute approximate surface area is 158 Å². The van der Waals surface area contributed by atoms with Crippen LogP contribution < -0.4 is 5.32 Å². The lowest BCUT2D eigenvalue weighted by Gasteiger charge is -2.16. The summed E-state index contributed by atoms with van der Waals surface area (Å²) in [5, 5.41) is 3.23. The largest absolute Gasteiger partial charge is 0.357 e. The van der Waals surface area contributed by atoms with Crippen LogP contribution in [-0.4, -0.2) is 46.7 Å². The van der Waals surface area contributed by atoms with Gasteiger partial charge in [-0.2, -0.15) is 0 Å². The quantitative estimate of drug-likeness (QED) is 0.653. The number of rotatable bonds is 5. The smallest absolute Gasteiger partial charge is 0.270 e. The zero-order valence-electron chi connectivity index (χ0n) is 15.5. The molecule has 1 aromatic carbocycles. The molecule has 0 radical (unpaired) electrons. The SMILES string of the molecule is Cc1c[nH]c2c1C(c1c[nH]c(C(=O)N(C)CCc3ccccc3)c1)=NCN2. The monoisotopic (exact) mass is 361 g/mol. The van der Waals surface area contributed by atoms with E-state index in [4.69, 9.17) is 0 Å². The highest BCUT2D eigenvalue weighted by atomic mass is 16.2. The van der Waals surface area contributed by atoms with Gasteiger partial charge in [-0.05, 0) is 30.5 Å². The minimum Gasteiger partial charge on any atom is -0.357 e. The van der Waals surface area contributed by atoms with E-state index in [2.05, 4.69) is 32.4 Å². The van der Waals surface area contributed by atoms with E-state index in [1.165, 1.54) is 5.56 Å². The Hall–Kier alpha value is -3.28. The molecule has 0 unspecified atom stereocenters. The van der Waals surface area contributed by atoms with Crippen molar-refractivity contribution in [3.05, 3.63) is 76.7 Å². The molecule has 27 heavy (non-hydrogen) atoms. The number of nitrogens with zero attached hydrogens (tertiary/aromatic N) is 2. The fourth-order valence-corrected chi connectivity index (χ4v) is 3.38. The van der Waals surface area contributed by atoms with Crippen LogP contribution in [0, 0.1) is 6.92 Å². The van der Waals surface area contributed by atoms with Gasteiger partial charge in [0.1, 0.15) is 18.2 Å². The van der Waals surface area contributed by atoms with Gasteiger partial charge in [0.15, 0.2) is 0 Å². The van der Waals surface area contributed by atoms with Gasteiger partial charge < -0.3 is 20.2 Å². The number of nitrogens with one attached hydrogen (secondary N) is 3. The number of likely N-dealkylation sites (N-methyl/N-ethyl adjacent to an activating group) is 1. The van der Waals surface area contributed by atoms with E-state index in [0.29, 0.717) is 18.9 Å². The molecule has 6 heteroatoms. The number of aryl methyl sites for hydroxylation is 1. The molecule has 3 aromatic rings. The molecule has 4 rings (SSSR count). The van der Waals surface area contributed by atoms with Crippen molar-refractivity contribution in [2.45, 2.75) is 13.3 Å². The first-order chi connectivity index (χ1) is 13.1. The Balaban J connectivity index is 1.48. The van der Waals surface area contributed by atoms with Gasteiger partial charge in [-0.1, -0.05) is 30.3 Å². The topological polar surface area (TPSA) is 76.3 Å². The first-order valence-corrected chi connectivity index (χ1v) is 9.08. The number of carbonyl (C=O) groups excluding carboxylic acids is 1. The molecule has 2 aromatic heterocycles. The van der Waals surface area contributed by atoms with Crippen molar-refractivity contribution in [1.82, 2.24) is 14.9 Å². The van der Waals surface area contributed by atoms with E-state index < -0.39 is 0 Å². The molecule has 0 spiro atoms. The summed E-state index contributed by atoms with van der Waals surface area (Å²) >= 11 is 0. The number of hydrogen-bond donors (Lipinski definition) is 3. The van der Waals surface area contributed by atoms with E-state index >= 15 is 0 Å². The number of aromatic nitrogens is 2. The molecule has 3 N–H and O–H groups in total. The Bertz CT molecular complexity index is 983. The summed E-state index contributed by atoms with van der Waals surface area (Å²) in [4.78, 5) is 25.5. The van der Waals surface area contributed by atoms with Crippen molar-refractivity contribution in [1.29, 1.82) is 0 Å². The number of carbonyl (C=O) groups is 1. The van der Waals surface area contributed by atoms with Gasteiger partial charge in [0, 0.05) is 37.1 Å². The van der Waals surface area contributed by atoms with Gasteiger partial charge in [-0.15, -0.1) is 0 Å². The van der Waals surface area contributed by atoms with Crippen LogP contribution in [0.15, 0.2) is 53.8 Å². The van der Waals surface area contributed by atoms with Crippen molar-refractivity contribution in [3.63, 3.8) is 0 Å². The van der Waals surface area contributed by atoms with Crippen molar-refractivity contribution >= 4 is 17.4 Å². The molecule has 6 nitrogen and oxygen atoms in total. The van der Waals surface area contributed by atoms with Gasteiger partial charge in [0.05, 0.1) is 5.71 Å². The molecular formula is C21H23N5O. The highest BCUT2D eigenvalue weighted by molar-refractivity contribution is 6.17. The number of anilines is 1. The van der Waals surface area contributed by atoms with Crippen LogP contribution in [0.2, 0.25) is 0 Å². The van der Waals surface area contributed by atoms with E-state index in [1.807, 2.05) is 50.6 Å². The molecule has 0 saturated carbocycles. The molecule has 0 atom stereocenters. The molecular weight excluding hydrogens is 338 g/mol. The van der Waals surface area contributed by atoms with E-state index in [9.17, 15) is 4.79 Å². The summed E-state index contributed by atoms with van der Waals surface area (Å²) in [6, 6.07) is 12.1. The second-order valence-corrected chi connectivity index (χ2v) is 6.83. The third-order valence-corrected chi connectivity index (χ3v) is 4.92. The summed E-state index contributed by atoms with van der Waals surface area (Å²) in [5.74, 6) is 0.962. The minimum atomic E-state index is -0.0160. The first-order valence-electron chi connectivity index (χ1n) is 9.08. The third kappa shape index (κ3) is 3.38. The number of aliphatic imine (C=N–C) groups is 1. The van der Waals surface area contributed by atoms with Gasteiger partial charge in [-0.25, -0.2) is 0 Å². The molecule has 138 valence electrons. The van der Waals surface area contributed by atoms with Gasteiger partial charge in [0.2, 0.25) is 0 Å². The average Bonchev–Trinajstić information content (AvgIpc) is 3.34. The molecule has 1 aliphatic heterocycles. The molecule has 0 saturated heterocycles. The fourth-order valence-electron chi connectivity index (χ4n) is 3.38. The second kappa shape index (κ2) is 7.15. The summed E-state index contributed by atoms with van der Waals surface area (Å²) in [6.45, 7) is 3.24. The molecule has 0 bridgehead atoms. The number of amides is 1. The maximum Gasteiger partial charge on any atom is 0.270 e. The lowest BCUT2D eigenvalue weighted by atomic mass is 10.0. The second-order valence-electron chi connectivity index (χ2n) is 6.83. The Morgan fingerprint density at radius 3 is 2.81 bits per heavy atom.